The third-order valence-corrected chi connectivity index (χ3v) is 3.59. The Hall–Kier alpha value is -3.60. The number of hydrogen-bond donors (Lipinski definition) is 3. The minimum absolute atomic E-state index is 0.208. The van der Waals surface area contributed by atoms with Crippen LogP contribution in [-0.4, -0.2) is 11.8 Å². The van der Waals surface area contributed by atoms with Crippen molar-refractivity contribution in [2.24, 2.45) is 0 Å². The molecule has 0 unspecified atom stereocenters. The molecule has 0 aliphatic rings. The minimum atomic E-state index is -0.256. The van der Waals surface area contributed by atoms with Crippen molar-refractivity contribution < 1.29 is 9.59 Å². The molecule has 5 heteroatoms. The quantitative estimate of drug-likeness (QED) is 0.636. The second-order valence-electron chi connectivity index (χ2n) is 5.48. The maximum absolute atomic E-state index is 12.2. The van der Waals surface area contributed by atoms with Gasteiger partial charge in [-0.2, -0.15) is 0 Å². The zero-order valence-corrected chi connectivity index (χ0v) is 13.4. The molecule has 3 rings (SSSR count). The Morgan fingerprint density at radius 1 is 0.640 bits per heavy atom. The molecule has 3 aromatic rings. The van der Waals surface area contributed by atoms with E-state index in [4.69, 9.17) is 5.73 Å². The highest BCUT2D eigenvalue weighted by atomic mass is 16.2. The van der Waals surface area contributed by atoms with E-state index in [9.17, 15) is 9.59 Å². The first kappa shape index (κ1) is 16.3. The summed E-state index contributed by atoms with van der Waals surface area (Å²) < 4.78 is 0. The normalized spacial score (nSPS) is 10.1. The number of nitrogens with one attached hydrogen (secondary N) is 2. The highest BCUT2D eigenvalue weighted by Gasteiger charge is 2.08. The van der Waals surface area contributed by atoms with Gasteiger partial charge in [0, 0.05) is 28.2 Å². The number of para-hydroxylation sites is 1. The first-order chi connectivity index (χ1) is 12.1. The molecule has 0 bridgehead atoms. The molecule has 0 aliphatic heterocycles. The summed E-state index contributed by atoms with van der Waals surface area (Å²) in [4.78, 5) is 24.4. The van der Waals surface area contributed by atoms with Crippen LogP contribution < -0.4 is 16.4 Å². The van der Waals surface area contributed by atoms with Gasteiger partial charge in [0.15, 0.2) is 0 Å². The first-order valence-electron chi connectivity index (χ1n) is 7.75. The highest BCUT2D eigenvalue weighted by molar-refractivity contribution is 6.06. The zero-order chi connectivity index (χ0) is 17.6. The number of anilines is 3. The Balaban J connectivity index is 1.66. The predicted octanol–water partition coefficient (Wildman–Crippen LogP) is 3.77. The second-order valence-corrected chi connectivity index (χ2v) is 5.48. The fourth-order valence-electron chi connectivity index (χ4n) is 2.31. The van der Waals surface area contributed by atoms with Crippen LogP contribution in [0.2, 0.25) is 0 Å². The third kappa shape index (κ3) is 4.23. The lowest BCUT2D eigenvalue weighted by molar-refractivity contribution is 0.102. The molecule has 0 saturated carbocycles. The Labute approximate surface area is 145 Å². The van der Waals surface area contributed by atoms with E-state index in [1.165, 1.54) is 0 Å². The number of nitrogen functional groups attached to an aromatic ring is 1. The number of amides is 2. The van der Waals surface area contributed by atoms with Gasteiger partial charge in [-0.1, -0.05) is 24.3 Å². The van der Waals surface area contributed by atoms with E-state index in [1.54, 1.807) is 48.5 Å². The fraction of sp³-hybridized carbons (Fsp3) is 0. The average Bonchev–Trinajstić information content (AvgIpc) is 2.63. The van der Waals surface area contributed by atoms with Crippen LogP contribution in [0.3, 0.4) is 0 Å². The smallest absolute Gasteiger partial charge is 0.255 e. The fourth-order valence-corrected chi connectivity index (χ4v) is 2.31. The van der Waals surface area contributed by atoms with Crippen molar-refractivity contribution in [2.75, 3.05) is 16.4 Å². The molecule has 5 nitrogen and oxygen atoms in total. The summed E-state index contributed by atoms with van der Waals surface area (Å²) in [5.41, 5.74) is 8.52. The molecule has 0 radical (unpaired) electrons. The Bertz CT molecular complexity index is 890. The predicted molar refractivity (Wildman–Crippen MR) is 99.6 cm³/mol. The Morgan fingerprint density at radius 3 is 1.88 bits per heavy atom. The topological polar surface area (TPSA) is 84.2 Å². The number of carbonyl (C=O) groups excluding carboxylic acids is 2. The van der Waals surface area contributed by atoms with E-state index >= 15 is 0 Å². The average molecular weight is 331 g/mol. The standard InChI is InChI=1S/C20H17N3O2/c21-16-6-4-5-15(13-16)20(25)23-18-11-9-14(10-12-18)19(24)22-17-7-2-1-3-8-17/h1-13H,21H2,(H,22,24)(H,23,25). The number of carbonyl (C=O) groups is 2. The van der Waals surface area contributed by atoms with E-state index in [-0.39, 0.29) is 11.8 Å². The van der Waals surface area contributed by atoms with Gasteiger partial charge in [0.2, 0.25) is 0 Å². The largest absolute Gasteiger partial charge is 0.399 e. The molecule has 0 saturated heterocycles. The van der Waals surface area contributed by atoms with Crippen molar-refractivity contribution in [3.8, 4) is 0 Å². The number of hydrogen-bond acceptors (Lipinski definition) is 3. The van der Waals surface area contributed by atoms with Crippen LogP contribution in [0.1, 0.15) is 20.7 Å². The zero-order valence-electron chi connectivity index (χ0n) is 13.4. The number of benzene rings is 3. The maximum atomic E-state index is 12.2. The van der Waals surface area contributed by atoms with Crippen LogP contribution in [0.25, 0.3) is 0 Å². The summed E-state index contributed by atoms with van der Waals surface area (Å²) in [6.45, 7) is 0. The van der Waals surface area contributed by atoms with Crippen LogP contribution in [0, 0.1) is 0 Å². The Kier molecular flexibility index (Phi) is 4.76. The van der Waals surface area contributed by atoms with E-state index in [1.807, 2.05) is 30.3 Å². The molecule has 124 valence electrons. The molecule has 3 aromatic carbocycles. The highest BCUT2D eigenvalue weighted by Crippen LogP contribution is 2.14. The molecule has 25 heavy (non-hydrogen) atoms. The van der Waals surface area contributed by atoms with Crippen LogP contribution in [0.4, 0.5) is 17.1 Å². The summed E-state index contributed by atoms with van der Waals surface area (Å²) in [7, 11) is 0. The monoisotopic (exact) mass is 331 g/mol. The van der Waals surface area contributed by atoms with E-state index in [2.05, 4.69) is 10.6 Å². The third-order valence-electron chi connectivity index (χ3n) is 3.59. The van der Waals surface area contributed by atoms with Gasteiger partial charge in [-0.3, -0.25) is 9.59 Å². The van der Waals surface area contributed by atoms with Crippen molar-refractivity contribution in [1.82, 2.24) is 0 Å². The summed E-state index contributed by atoms with van der Waals surface area (Å²) in [5, 5.41) is 5.59. The molecule has 0 aromatic heterocycles. The van der Waals surface area contributed by atoms with Gasteiger partial charge in [0.1, 0.15) is 0 Å². The van der Waals surface area contributed by atoms with Crippen LogP contribution in [0.5, 0.6) is 0 Å². The van der Waals surface area contributed by atoms with Gasteiger partial charge in [-0.25, -0.2) is 0 Å². The first-order valence-corrected chi connectivity index (χ1v) is 7.75. The lowest BCUT2D eigenvalue weighted by Crippen LogP contribution is -2.13. The molecule has 0 spiro atoms. The molecule has 0 atom stereocenters. The minimum Gasteiger partial charge on any atom is -0.399 e. The van der Waals surface area contributed by atoms with Crippen LogP contribution >= 0.6 is 0 Å². The van der Waals surface area contributed by atoms with Crippen molar-refractivity contribution in [3.05, 3.63) is 90.0 Å². The lowest BCUT2D eigenvalue weighted by atomic mass is 10.1. The van der Waals surface area contributed by atoms with Crippen LogP contribution in [-0.2, 0) is 0 Å². The van der Waals surface area contributed by atoms with Gasteiger partial charge in [-0.05, 0) is 54.6 Å². The van der Waals surface area contributed by atoms with Gasteiger partial charge in [0.05, 0.1) is 0 Å². The summed E-state index contributed by atoms with van der Waals surface area (Å²) >= 11 is 0. The maximum Gasteiger partial charge on any atom is 0.255 e. The van der Waals surface area contributed by atoms with E-state index < -0.39 is 0 Å². The van der Waals surface area contributed by atoms with E-state index in [0.717, 1.165) is 5.69 Å². The molecule has 0 heterocycles. The van der Waals surface area contributed by atoms with Crippen molar-refractivity contribution in [1.29, 1.82) is 0 Å². The van der Waals surface area contributed by atoms with Crippen molar-refractivity contribution in [3.63, 3.8) is 0 Å². The lowest BCUT2D eigenvalue weighted by Gasteiger charge is -2.08. The van der Waals surface area contributed by atoms with Gasteiger partial charge in [0.25, 0.3) is 11.8 Å². The summed E-state index contributed by atoms with van der Waals surface area (Å²) in [6, 6.07) is 22.6. The number of nitrogens with two attached hydrogens (primary N) is 1. The molecule has 0 aliphatic carbocycles. The second kappa shape index (κ2) is 7.31. The summed E-state index contributed by atoms with van der Waals surface area (Å²) in [6.07, 6.45) is 0. The summed E-state index contributed by atoms with van der Waals surface area (Å²) in [5.74, 6) is -0.464. The number of rotatable bonds is 4. The SMILES string of the molecule is Nc1cccc(C(=O)Nc2ccc(C(=O)Nc3ccccc3)cc2)c1. The van der Waals surface area contributed by atoms with E-state index in [0.29, 0.717) is 22.5 Å². The molecular formula is C20H17N3O2. The molecule has 4 N–H and O–H groups in total. The Morgan fingerprint density at radius 2 is 1.24 bits per heavy atom. The van der Waals surface area contributed by atoms with Gasteiger partial charge < -0.3 is 16.4 Å². The van der Waals surface area contributed by atoms with Crippen molar-refractivity contribution in [2.45, 2.75) is 0 Å². The molecular weight excluding hydrogens is 314 g/mol. The van der Waals surface area contributed by atoms with Crippen LogP contribution in [0.15, 0.2) is 78.9 Å². The van der Waals surface area contributed by atoms with Crippen molar-refractivity contribution >= 4 is 28.9 Å². The molecule has 0 fully saturated rings. The van der Waals surface area contributed by atoms with Gasteiger partial charge >= 0.3 is 0 Å². The molecule has 2 amide bonds. The van der Waals surface area contributed by atoms with Gasteiger partial charge in [-0.15, -0.1) is 0 Å².